The van der Waals surface area contributed by atoms with Gasteiger partial charge in [-0.3, -0.25) is 4.79 Å². The molecule has 1 aromatic carbocycles. The van der Waals surface area contributed by atoms with Crippen LogP contribution in [-0.4, -0.2) is 28.0 Å². The average Bonchev–Trinajstić information content (AvgIpc) is 2.80. The first-order chi connectivity index (χ1) is 12.7. The van der Waals surface area contributed by atoms with E-state index < -0.39 is 0 Å². The molecule has 1 aromatic heterocycles. The van der Waals surface area contributed by atoms with Gasteiger partial charge in [-0.15, -0.1) is 0 Å². The molecule has 0 bridgehead atoms. The fourth-order valence-electron chi connectivity index (χ4n) is 4.14. The number of nitrogens with one attached hydrogen (secondary N) is 1. The minimum Gasteiger partial charge on any atom is -0.348 e. The number of carbonyl (C=O) groups is 1. The summed E-state index contributed by atoms with van der Waals surface area (Å²) in [5.41, 5.74) is 2.90. The molecule has 1 aliphatic heterocycles. The summed E-state index contributed by atoms with van der Waals surface area (Å²) < 4.78 is 0. The predicted octanol–water partition coefficient (Wildman–Crippen LogP) is 4.01. The maximum absolute atomic E-state index is 12.7. The molecular formula is C21H26N4O. The number of fused-ring (bicyclic) bond motifs is 1. The Morgan fingerprint density at radius 1 is 1.12 bits per heavy atom. The van der Waals surface area contributed by atoms with Crippen LogP contribution in [0.3, 0.4) is 0 Å². The molecule has 1 aliphatic carbocycles. The van der Waals surface area contributed by atoms with Crippen LogP contribution in [0, 0.1) is 0 Å². The van der Waals surface area contributed by atoms with Crippen LogP contribution in [0.5, 0.6) is 0 Å². The second kappa shape index (κ2) is 7.44. The van der Waals surface area contributed by atoms with Crippen molar-refractivity contribution in [3.8, 4) is 0 Å². The van der Waals surface area contributed by atoms with Crippen LogP contribution in [-0.2, 0) is 6.42 Å². The van der Waals surface area contributed by atoms with Crippen LogP contribution in [0.2, 0.25) is 0 Å². The van der Waals surface area contributed by atoms with Gasteiger partial charge in [0.1, 0.15) is 5.69 Å². The number of amides is 1. The first-order valence-electron chi connectivity index (χ1n) is 9.73. The summed E-state index contributed by atoms with van der Waals surface area (Å²) in [4.78, 5) is 23.9. The third-order valence-electron chi connectivity index (χ3n) is 5.49. The van der Waals surface area contributed by atoms with E-state index in [2.05, 4.69) is 45.3 Å². The second-order valence-electron chi connectivity index (χ2n) is 7.46. The molecule has 1 saturated carbocycles. The van der Waals surface area contributed by atoms with Crippen molar-refractivity contribution in [2.45, 2.75) is 64.0 Å². The number of hydrogen-bond donors (Lipinski definition) is 1. The van der Waals surface area contributed by atoms with Crippen molar-refractivity contribution in [3.05, 3.63) is 47.8 Å². The summed E-state index contributed by atoms with van der Waals surface area (Å²) >= 11 is 0. The lowest BCUT2D eigenvalue weighted by molar-refractivity contribution is 0.0928. The maximum Gasteiger partial charge on any atom is 0.270 e. The first-order valence-corrected chi connectivity index (χ1v) is 9.73. The zero-order valence-electron chi connectivity index (χ0n) is 15.3. The minimum atomic E-state index is -0.0827. The number of anilines is 2. The summed E-state index contributed by atoms with van der Waals surface area (Å²) in [5, 5.41) is 3.18. The highest BCUT2D eigenvalue weighted by Crippen LogP contribution is 2.36. The highest BCUT2D eigenvalue weighted by molar-refractivity contribution is 5.92. The minimum absolute atomic E-state index is 0.0827. The molecule has 136 valence electrons. The Hall–Kier alpha value is -2.43. The molecule has 1 atom stereocenters. The van der Waals surface area contributed by atoms with E-state index in [-0.39, 0.29) is 18.0 Å². The first kappa shape index (κ1) is 17.0. The monoisotopic (exact) mass is 350 g/mol. The Balaban J connectivity index is 1.54. The topological polar surface area (TPSA) is 58.1 Å². The highest BCUT2D eigenvalue weighted by Gasteiger charge is 2.29. The number of hydrogen-bond acceptors (Lipinski definition) is 4. The molecule has 2 aromatic rings. The molecule has 0 radical (unpaired) electrons. The summed E-state index contributed by atoms with van der Waals surface area (Å²) in [6.07, 6.45) is 9.74. The molecule has 1 unspecified atom stereocenters. The van der Waals surface area contributed by atoms with Gasteiger partial charge < -0.3 is 10.2 Å². The van der Waals surface area contributed by atoms with E-state index in [0.717, 1.165) is 24.9 Å². The predicted molar refractivity (Wildman–Crippen MR) is 103 cm³/mol. The molecule has 2 heterocycles. The Labute approximate surface area is 154 Å². The Morgan fingerprint density at radius 3 is 2.69 bits per heavy atom. The lowest BCUT2D eigenvalue weighted by Crippen LogP contribution is -2.35. The van der Waals surface area contributed by atoms with Crippen LogP contribution in [0.4, 0.5) is 11.6 Å². The van der Waals surface area contributed by atoms with Crippen molar-refractivity contribution >= 4 is 17.5 Å². The Bertz CT molecular complexity index is 783. The van der Waals surface area contributed by atoms with Crippen LogP contribution in [0.1, 0.15) is 61.5 Å². The largest absolute Gasteiger partial charge is 0.348 e. The van der Waals surface area contributed by atoms with E-state index in [4.69, 9.17) is 0 Å². The molecule has 5 heteroatoms. The fraction of sp³-hybridized carbons (Fsp3) is 0.476. The van der Waals surface area contributed by atoms with Gasteiger partial charge in [-0.2, -0.15) is 0 Å². The molecule has 1 amide bonds. The van der Waals surface area contributed by atoms with Gasteiger partial charge in [0.05, 0.1) is 0 Å². The lowest BCUT2D eigenvalue weighted by Gasteiger charge is -2.23. The highest BCUT2D eigenvalue weighted by atomic mass is 16.1. The van der Waals surface area contributed by atoms with E-state index in [1.54, 1.807) is 12.3 Å². The molecule has 0 spiro atoms. The van der Waals surface area contributed by atoms with E-state index in [1.807, 2.05) is 6.07 Å². The quantitative estimate of drug-likeness (QED) is 0.850. The third-order valence-corrected chi connectivity index (χ3v) is 5.49. The fourth-order valence-corrected chi connectivity index (χ4v) is 4.14. The average molecular weight is 350 g/mol. The molecule has 0 saturated heterocycles. The summed E-state index contributed by atoms with van der Waals surface area (Å²) in [7, 11) is 0. The number of nitrogens with zero attached hydrogens (tertiary/aromatic N) is 3. The normalized spacial score (nSPS) is 20.5. The Morgan fingerprint density at radius 2 is 1.88 bits per heavy atom. The molecular weight excluding hydrogens is 324 g/mol. The van der Waals surface area contributed by atoms with Gasteiger partial charge in [-0.05, 0) is 43.9 Å². The van der Waals surface area contributed by atoms with Crippen LogP contribution in [0.25, 0.3) is 0 Å². The van der Waals surface area contributed by atoms with Crippen molar-refractivity contribution < 1.29 is 4.79 Å². The standard InChI is InChI=1S/C21H26N4O/c1-15-14-16-8-6-7-11-19(16)25(15)21-22-13-12-18(24-21)20(26)23-17-9-4-2-3-5-10-17/h6-8,11-13,15,17H,2-5,9-10,14H2,1H3,(H,23,26). The third kappa shape index (κ3) is 3.43. The number of rotatable bonds is 3. The van der Waals surface area contributed by atoms with Gasteiger partial charge >= 0.3 is 0 Å². The van der Waals surface area contributed by atoms with Gasteiger partial charge in [0, 0.05) is 24.0 Å². The summed E-state index contributed by atoms with van der Waals surface area (Å²) in [6, 6.07) is 10.6. The van der Waals surface area contributed by atoms with E-state index in [0.29, 0.717) is 11.6 Å². The molecule has 2 aliphatic rings. The number of carbonyl (C=O) groups excluding carboxylic acids is 1. The van der Waals surface area contributed by atoms with Gasteiger partial charge in [0.25, 0.3) is 5.91 Å². The van der Waals surface area contributed by atoms with Crippen LogP contribution < -0.4 is 10.2 Å². The summed E-state index contributed by atoms with van der Waals surface area (Å²) in [5.74, 6) is 0.525. The lowest BCUT2D eigenvalue weighted by atomic mass is 10.1. The molecule has 1 N–H and O–H groups in total. The zero-order chi connectivity index (χ0) is 17.9. The van der Waals surface area contributed by atoms with Crippen LogP contribution in [0.15, 0.2) is 36.5 Å². The SMILES string of the molecule is CC1Cc2ccccc2N1c1nccc(C(=O)NC2CCCCCC2)n1. The molecule has 1 fully saturated rings. The van der Waals surface area contributed by atoms with E-state index in [1.165, 1.54) is 31.2 Å². The molecule has 5 nitrogen and oxygen atoms in total. The van der Waals surface area contributed by atoms with Gasteiger partial charge in [-0.1, -0.05) is 43.9 Å². The van der Waals surface area contributed by atoms with Gasteiger partial charge in [0.15, 0.2) is 0 Å². The second-order valence-corrected chi connectivity index (χ2v) is 7.46. The van der Waals surface area contributed by atoms with Gasteiger partial charge in [-0.25, -0.2) is 9.97 Å². The molecule has 26 heavy (non-hydrogen) atoms. The van der Waals surface area contributed by atoms with E-state index in [9.17, 15) is 4.79 Å². The number of para-hydroxylation sites is 1. The van der Waals surface area contributed by atoms with Crippen molar-refractivity contribution in [2.24, 2.45) is 0 Å². The summed E-state index contributed by atoms with van der Waals surface area (Å²) in [6.45, 7) is 2.17. The van der Waals surface area contributed by atoms with Crippen molar-refractivity contribution in [1.29, 1.82) is 0 Å². The molecule has 4 rings (SSSR count). The van der Waals surface area contributed by atoms with Gasteiger partial charge in [0.2, 0.25) is 5.95 Å². The van der Waals surface area contributed by atoms with Crippen molar-refractivity contribution in [2.75, 3.05) is 4.90 Å². The Kier molecular flexibility index (Phi) is 4.87. The number of benzene rings is 1. The maximum atomic E-state index is 12.7. The number of aromatic nitrogens is 2. The zero-order valence-corrected chi connectivity index (χ0v) is 15.3. The van der Waals surface area contributed by atoms with Crippen molar-refractivity contribution in [3.63, 3.8) is 0 Å². The smallest absolute Gasteiger partial charge is 0.270 e. The van der Waals surface area contributed by atoms with Crippen molar-refractivity contribution in [1.82, 2.24) is 15.3 Å². The van der Waals surface area contributed by atoms with E-state index >= 15 is 0 Å². The van der Waals surface area contributed by atoms with Crippen LogP contribution >= 0.6 is 0 Å².